The predicted molar refractivity (Wildman–Crippen MR) is 131 cm³/mol. The number of hydrogen-bond acceptors (Lipinski definition) is 5. The molecule has 2 heterocycles. The summed E-state index contributed by atoms with van der Waals surface area (Å²) >= 11 is 6.07. The highest BCUT2D eigenvalue weighted by atomic mass is 35.5. The molecule has 8 nitrogen and oxygen atoms in total. The number of likely N-dealkylation sites (tertiary alicyclic amines) is 1. The normalized spacial score (nSPS) is 21.2. The van der Waals surface area contributed by atoms with E-state index in [9.17, 15) is 18.0 Å². The summed E-state index contributed by atoms with van der Waals surface area (Å²) in [6.07, 6.45) is 3.37. The quantitative estimate of drug-likeness (QED) is 0.537. The summed E-state index contributed by atoms with van der Waals surface area (Å²) in [6.45, 7) is 3.73. The Balaban J connectivity index is 1.54. The number of nitrogens with one attached hydrogen (secondary N) is 1. The number of nitrogens with two attached hydrogens (primary N) is 1. The first-order valence-electron chi connectivity index (χ1n) is 11.4. The summed E-state index contributed by atoms with van der Waals surface area (Å²) in [5.74, 6) is -0.961. The fourth-order valence-corrected chi connectivity index (χ4v) is 5.40. The van der Waals surface area contributed by atoms with E-state index >= 15 is 0 Å². The number of nitrogens with zero attached hydrogens (tertiary/aromatic N) is 2. The van der Waals surface area contributed by atoms with E-state index < -0.39 is 22.0 Å². The summed E-state index contributed by atoms with van der Waals surface area (Å²) < 4.78 is 23.3. The largest absolute Gasteiger partial charge is 0.356 e. The summed E-state index contributed by atoms with van der Waals surface area (Å²) in [6, 6.07) is 12.3. The molecule has 2 fully saturated rings. The second-order valence-corrected chi connectivity index (χ2v) is 10.8. The molecule has 10 heteroatoms. The lowest BCUT2D eigenvalue weighted by atomic mass is 9.92. The van der Waals surface area contributed by atoms with E-state index in [2.05, 4.69) is 10.2 Å². The number of hydrogen-bond donors (Lipinski definition) is 2. The van der Waals surface area contributed by atoms with Gasteiger partial charge in [0.05, 0.1) is 16.9 Å². The molecule has 0 radical (unpaired) electrons. The third kappa shape index (κ3) is 5.60. The fraction of sp³-hybridized carbons (Fsp3) is 0.417. The van der Waals surface area contributed by atoms with Gasteiger partial charge in [-0.15, -0.1) is 0 Å². The Bertz CT molecular complexity index is 1130. The highest BCUT2D eigenvalue weighted by molar-refractivity contribution is 7.89. The number of rotatable bonds is 8. The smallest absolute Gasteiger partial charge is 0.238 e. The van der Waals surface area contributed by atoms with Crippen LogP contribution in [0.1, 0.15) is 37.3 Å². The second kappa shape index (κ2) is 10.4. The molecule has 4 rings (SSSR count). The van der Waals surface area contributed by atoms with Gasteiger partial charge in [0.1, 0.15) is 0 Å². The minimum absolute atomic E-state index is 0.0433. The van der Waals surface area contributed by atoms with Crippen molar-refractivity contribution < 1.29 is 18.0 Å². The summed E-state index contributed by atoms with van der Waals surface area (Å²) in [5, 5.41) is 8.77. The van der Waals surface area contributed by atoms with Gasteiger partial charge in [0.2, 0.25) is 21.8 Å². The van der Waals surface area contributed by atoms with Crippen molar-refractivity contribution in [2.75, 3.05) is 31.1 Å². The Kier molecular flexibility index (Phi) is 7.57. The number of primary sulfonamides is 1. The van der Waals surface area contributed by atoms with Crippen molar-refractivity contribution in [2.24, 2.45) is 11.1 Å². The van der Waals surface area contributed by atoms with Crippen molar-refractivity contribution in [2.45, 2.75) is 36.6 Å². The third-order valence-corrected chi connectivity index (χ3v) is 7.64. The number of benzene rings is 2. The third-order valence-electron chi connectivity index (χ3n) is 6.46. The topological polar surface area (TPSA) is 113 Å². The maximum absolute atomic E-state index is 13.2. The van der Waals surface area contributed by atoms with E-state index in [1.165, 1.54) is 37.1 Å². The molecule has 0 aliphatic carbocycles. The van der Waals surface area contributed by atoms with Gasteiger partial charge >= 0.3 is 0 Å². The van der Waals surface area contributed by atoms with Crippen molar-refractivity contribution >= 4 is 39.1 Å². The van der Waals surface area contributed by atoms with Crippen LogP contribution in [0, 0.1) is 5.92 Å². The van der Waals surface area contributed by atoms with Crippen LogP contribution in [0.25, 0.3) is 0 Å². The van der Waals surface area contributed by atoms with Gasteiger partial charge in [-0.05, 0) is 80.9 Å². The molecule has 0 spiro atoms. The van der Waals surface area contributed by atoms with Crippen LogP contribution in [0.5, 0.6) is 0 Å². The van der Waals surface area contributed by atoms with Crippen molar-refractivity contribution in [3.8, 4) is 0 Å². The first-order chi connectivity index (χ1) is 16.2. The Morgan fingerprint density at radius 3 is 2.32 bits per heavy atom. The van der Waals surface area contributed by atoms with Crippen LogP contribution >= 0.6 is 11.6 Å². The van der Waals surface area contributed by atoms with Gasteiger partial charge < -0.3 is 15.1 Å². The van der Waals surface area contributed by atoms with Gasteiger partial charge in [-0.1, -0.05) is 23.7 Å². The van der Waals surface area contributed by atoms with Gasteiger partial charge in [-0.25, -0.2) is 13.6 Å². The van der Waals surface area contributed by atoms with Crippen LogP contribution in [0.3, 0.4) is 0 Å². The highest BCUT2D eigenvalue weighted by Crippen LogP contribution is 2.42. The molecule has 3 N–H and O–H groups in total. The van der Waals surface area contributed by atoms with E-state index in [1.807, 2.05) is 12.1 Å². The van der Waals surface area contributed by atoms with E-state index in [1.54, 1.807) is 17.0 Å². The van der Waals surface area contributed by atoms with Gasteiger partial charge in [-0.2, -0.15) is 0 Å². The van der Waals surface area contributed by atoms with Crippen molar-refractivity contribution in [3.05, 3.63) is 59.1 Å². The number of sulfonamides is 1. The molecule has 2 saturated heterocycles. The number of carbonyl (C=O) groups excluding carboxylic acids is 2. The summed E-state index contributed by atoms with van der Waals surface area (Å²) in [4.78, 5) is 30.2. The SMILES string of the molecule is NS(=O)(=O)c1ccc(N2C(=O)C[C@H](C(=O)NCCCN3CCCC3)[C@H]2c2ccc(Cl)cc2)cc1. The van der Waals surface area contributed by atoms with Crippen LogP contribution in [0.4, 0.5) is 5.69 Å². The molecule has 0 saturated carbocycles. The van der Waals surface area contributed by atoms with Gasteiger partial charge in [-0.3, -0.25) is 9.59 Å². The summed E-state index contributed by atoms with van der Waals surface area (Å²) in [7, 11) is -3.86. The molecule has 2 aromatic carbocycles. The minimum atomic E-state index is -3.86. The Labute approximate surface area is 205 Å². The maximum atomic E-state index is 13.2. The first kappa shape index (κ1) is 24.7. The van der Waals surface area contributed by atoms with E-state index in [4.69, 9.17) is 16.7 Å². The van der Waals surface area contributed by atoms with Crippen molar-refractivity contribution in [1.29, 1.82) is 0 Å². The van der Waals surface area contributed by atoms with Crippen LogP contribution in [0.2, 0.25) is 5.02 Å². The monoisotopic (exact) mass is 504 g/mol. The number of halogens is 1. The highest BCUT2D eigenvalue weighted by Gasteiger charge is 2.45. The van der Waals surface area contributed by atoms with Crippen LogP contribution in [-0.4, -0.2) is 51.3 Å². The molecule has 0 aromatic heterocycles. The molecule has 2 aliphatic heterocycles. The summed E-state index contributed by atoms with van der Waals surface area (Å²) in [5.41, 5.74) is 1.28. The number of amides is 2. The van der Waals surface area contributed by atoms with Gasteiger partial charge in [0.15, 0.2) is 0 Å². The fourth-order valence-electron chi connectivity index (χ4n) is 4.76. The van der Waals surface area contributed by atoms with Crippen LogP contribution < -0.4 is 15.4 Å². The zero-order valence-electron chi connectivity index (χ0n) is 18.8. The number of anilines is 1. The lowest BCUT2D eigenvalue weighted by Gasteiger charge is -2.28. The zero-order chi connectivity index (χ0) is 24.3. The molecule has 0 bridgehead atoms. The Hall–Kier alpha value is -2.46. The van der Waals surface area contributed by atoms with Crippen molar-refractivity contribution in [1.82, 2.24) is 10.2 Å². The zero-order valence-corrected chi connectivity index (χ0v) is 20.4. The van der Waals surface area contributed by atoms with Crippen molar-refractivity contribution in [3.63, 3.8) is 0 Å². The molecule has 2 aliphatic rings. The Morgan fingerprint density at radius 2 is 1.71 bits per heavy atom. The van der Waals surface area contributed by atoms with E-state index in [0.29, 0.717) is 17.3 Å². The second-order valence-electron chi connectivity index (χ2n) is 8.80. The Morgan fingerprint density at radius 1 is 1.06 bits per heavy atom. The lowest BCUT2D eigenvalue weighted by Crippen LogP contribution is -2.37. The predicted octanol–water partition coefficient (Wildman–Crippen LogP) is 2.68. The molecule has 2 atom stereocenters. The molecular weight excluding hydrogens is 476 g/mol. The van der Waals surface area contributed by atoms with Crippen LogP contribution in [0.15, 0.2) is 53.4 Å². The average Bonchev–Trinajstić information content (AvgIpc) is 3.44. The molecular formula is C24H29ClN4O4S. The van der Waals surface area contributed by atoms with Gasteiger partial charge in [0.25, 0.3) is 0 Å². The lowest BCUT2D eigenvalue weighted by molar-refractivity contribution is -0.126. The molecule has 34 heavy (non-hydrogen) atoms. The first-order valence-corrected chi connectivity index (χ1v) is 13.4. The van der Waals surface area contributed by atoms with E-state index in [0.717, 1.165) is 31.6 Å². The average molecular weight is 505 g/mol. The maximum Gasteiger partial charge on any atom is 0.238 e. The van der Waals surface area contributed by atoms with Gasteiger partial charge in [0, 0.05) is 23.7 Å². The van der Waals surface area contributed by atoms with Crippen LogP contribution in [-0.2, 0) is 19.6 Å². The standard InChI is InChI=1S/C24H29ClN4O4S/c25-18-6-4-17(5-7-18)23-21(24(31)27-12-3-15-28-13-1-2-14-28)16-22(30)29(23)19-8-10-20(11-9-19)34(26,32)33/h4-11,21,23H,1-3,12-16H2,(H,27,31)(H2,26,32,33)/t21-,23+/m0/s1. The molecule has 182 valence electrons. The molecule has 2 amide bonds. The van der Waals surface area contributed by atoms with E-state index in [-0.39, 0.29) is 23.1 Å². The number of carbonyl (C=O) groups is 2. The minimum Gasteiger partial charge on any atom is -0.356 e. The molecule has 0 unspecified atom stereocenters. The molecule has 2 aromatic rings.